The van der Waals surface area contributed by atoms with Crippen LogP contribution in [0.2, 0.25) is 0 Å². The van der Waals surface area contributed by atoms with Crippen molar-refractivity contribution < 1.29 is 38.4 Å². The van der Waals surface area contributed by atoms with E-state index in [0.717, 1.165) is 23.3 Å². The first-order valence-electron chi connectivity index (χ1n) is 14.9. The Morgan fingerprint density at radius 3 is 1.32 bits per heavy atom. The lowest BCUT2D eigenvalue weighted by molar-refractivity contribution is -0.384. The molecule has 0 fully saturated rings. The van der Waals surface area contributed by atoms with E-state index in [4.69, 9.17) is 30.4 Å². The lowest BCUT2D eigenvalue weighted by Crippen LogP contribution is -2.14. The molecule has 0 spiro atoms. The van der Waals surface area contributed by atoms with Crippen LogP contribution in [-0.2, 0) is 13.2 Å². The topological polar surface area (TPSA) is 233 Å². The summed E-state index contributed by atoms with van der Waals surface area (Å²) in [6, 6.07) is 18.7. The van der Waals surface area contributed by atoms with Crippen molar-refractivity contribution in [1.29, 1.82) is 0 Å². The molecule has 16 heteroatoms. The molecule has 4 rings (SSSR count). The number of primary amides is 2. The SMILES string of the molecule is COc1ccc(COc2cc(C(N)=O)cc([N+](=O)[O-])c2NC/C=C/CNc2c(OCc3ccc(OC)cc3)cc(C(N)=O)cc2[N+](=O)[O-])cc1. The summed E-state index contributed by atoms with van der Waals surface area (Å²) in [5, 5.41) is 29.8. The molecule has 2 amide bonds. The van der Waals surface area contributed by atoms with Gasteiger partial charge in [-0.3, -0.25) is 29.8 Å². The second-order valence-corrected chi connectivity index (χ2v) is 10.5. The lowest BCUT2D eigenvalue weighted by atomic mass is 10.1. The number of hydrogen-bond donors (Lipinski definition) is 4. The highest BCUT2D eigenvalue weighted by atomic mass is 16.6. The van der Waals surface area contributed by atoms with E-state index in [0.29, 0.717) is 11.5 Å². The first kappa shape index (κ1) is 36.0. The van der Waals surface area contributed by atoms with Crippen LogP contribution in [0, 0.1) is 20.2 Å². The van der Waals surface area contributed by atoms with Crippen LogP contribution in [0.4, 0.5) is 22.7 Å². The minimum absolute atomic E-state index is 0.0121. The van der Waals surface area contributed by atoms with Gasteiger partial charge in [0.15, 0.2) is 22.9 Å². The van der Waals surface area contributed by atoms with Gasteiger partial charge in [-0.05, 0) is 47.5 Å². The zero-order chi connectivity index (χ0) is 36.2. The van der Waals surface area contributed by atoms with E-state index in [2.05, 4.69) is 10.6 Å². The van der Waals surface area contributed by atoms with Crippen LogP contribution in [0.3, 0.4) is 0 Å². The molecular formula is C34H34N6O10. The van der Waals surface area contributed by atoms with E-state index in [1.54, 1.807) is 60.7 Å². The van der Waals surface area contributed by atoms with Crippen LogP contribution in [-0.4, -0.2) is 49.0 Å². The summed E-state index contributed by atoms with van der Waals surface area (Å²) < 4.78 is 22.1. The Bertz CT molecular complexity index is 1760. The third-order valence-corrected chi connectivity index (χ3v) is 7.19. The average Bonchev–Trinajstić information content (AvgIpc) is 3.11. The van der Waals surface area contributed by atoms with E-state index in [-0.39, 0.29) is 60.3 Å². The van der Waals surface area contributed by atoms with Crippen LogP contribution >= 0.6 is 0 Å². The predicted molar refractivity (Wildman–Crippen MR) is 184 cm³/mol. The highest BCUT2D eigenvalue weighted by molar-refractivity contribution is 5.96. The minimum atomic E-state index is -0.870. The maximum Gasteiger partial charge on any atom is 0.296 e. The van der Waals surface area contributed by atoms with Gasteiger partial charge in [-0.25, -0.2) is 0 Å². The molecule has 0 unspecified atom stereocenters. The van der Waals surface area contributed by atoms with Gasteiger partial charge < -0.3 is 41.0 Å². The van der Waals surface area contributed by atoms with Crippen molar-refractivity contribution in [3.63, 3.8) is 0 Å². The van der Waals surface area contributed by atoms with Gasteiger partial charge in [0.25, 0.3) is 11.4 Å². The fourth-order valence-electron chi connectivity index (χ4n) is 4.61. The molecule has 16 nitrogen and oxygen atoms in total. The third-order valence-electron chi connectivity index (χ3n) is 7.19. The number of nitro benzene ring substituents is 2. The van der Waals surface area contributed by atoms with Gasteiger partial charge in [0.05, 0.1) is 24.1 Å². The van der Waals surface area contributed by atoms with E-state index >= 15 is 0 Å². The number of ether oxygens (including phenoxy) is 4. The number of carbonyl (C=O) groups is 2. The molecule has 0 heterocycles. The van der Waals surface area contributed by atoms with Crippen molar-refractivity contribution in [3.05, 3.63) is 127 Å². The number of benzene rings is 4. The predicted octanol–water partition coefficient (Wildman–Crippen LogP) is 4.96. The number of methoxy groups -OCH3 is 2. The van der Waals surface area contributed by atoms with E-state index in [1.807, 2.05) is 0 Å². The summed E-state index contributed by atoms with van der Waals surface area (Å²) in [5.41, 5.74) is 11.3. The fraction of sp³-hybridized carbons (Fsp3) is 0.176. The monoisotopic (exact) mass is 686 g/mol. The number of nitro groups is 2. The molecule has 0 aliphatic heterocycles. The first-order valence-corrected chi connectivity index (χ1v) is 14.9. The van der Waals surface area contributed by atoms with Gasteiger partial charge in [-0.15, -0.1) is 0 Å². The summed E-state index contributed by atoms with van der Waals surface area (Å²) >= 11 is 0. The van der Waals surface area contributed by atoms with Crippen molar-refractivity contribution in [1.82, 2.24) is 0 Å². The van der Waals surface area contributed by atoms with Crippen molar-refractivity contribution in [2.45, 2.75) is 13.2 Å². The Morgan fingerprint density at radius 2 is 1.02 bits per heavy atom. The molecular weight excluding hydrogens is 652 g/mol. The summed E-state index contributed by atoms with van der Waals surface area (Å²) in [5.74, 6) is -0.412. The molecule has 0 radical (unpaired) electrons. The van der Waals surface area contributed by atoms with Crippen LogP contribution in [0.1, 0.15) is 31.8 Å². The zero-order valence-electron chi connectivity index (χ0n) is 27.0. The molecule has 4 aromatic rings. The average molecular weight is 687 g/mol. The van der Waals surface area contributed by atoms with Gasteiger partial charge in [0, 0.05) is 36.3 Å². The molecule has 0 aromatic heterocycles. The number of amides is 2. The van der Waals surface area contributed by atoms with Gasteiger partial charge in [-0.2, -0.15) is 0 Å². The number of nitrogens with zero attached hydrogens (tertiary/aromatic N) is 2. The van der Waals surface area contributed by atoms with Crippen molar-refractivity contribution in [2.24, 2.45) is 11.5 Å². The zero-order valence-corrected chi connectivity index (χ0v) is 27.0. The highest BCUT2D eigenvalue weighted by Gasteiger charge is 2.24. The van der Waals surface area contributed by atoms with Crippen LogP contribution in [0.15, 0.2) is 84.9 Å². The molecule has 50 heavy (non-hydrogen) atoms. The molecule has 0 aliphatic rings. The standard InChI is InChI=1S/C34H34N6O10/c1-47-25-9-5-21(6-10-25)19-49-29-17-23(33(35)41)15-27(39(43)44)31(29)37-13-3-4-14-38-32-28(40(45)46)16-24(34(36)42)18-30(32)50-20-22-7-11-26(48-2)12-8-22/h3-12,15-18,37-38H,13-14,19-20H2,1-2H3,(H2,35,41)(H2,36,42)/b4-3+. The Morgan fingerprint density at radius 1 is 0.660 bits per heavy atom. The van der Waals surface area contributed by atoms with E-state index < -0.39 is 33.0 Å². The van der Waals surface area contributed by atoms with Gasteiger partial charge in [0.1, 0.15) is 24.7 Å². The summed E-state index contributed by atoms with van der Waals surface area (Å²) in [6.07, 6.45) is 3.24. The maximum absolute atomic E-state index is 12.0. The Hall–Kier alpha value is -6.84. The minimum Gasteiger partial charge on any atom is -0.497 e. The quantitative estimate of drug-likeness (QED) is 0.0618. The third kappa shape index (κ3) is 9.37. The highest BCUT2D eigenvalue weighted by Crippen LogP contribution is 2.38. The fourth-order valence-corrected chi connectivity index (χ4v) is 4.61. The molecule has 0 bridgehead atoms. The molecule has 0 atom stereocenters. The Labute approximate surface area is 285 Å². The molecule has 4 aromatic carbocycles. The normalized spacial score (nSPS) is 10.7. The van der Waals surface area contributed by atoms with Crippen LogP contribution in [0.25, 0.3) is 0 Å². The largest absolute Gasteiger partial charge is 0.497 e. The lowest BCUT2D eigenvalue weighted by Gasteiger charge is -2.15. The molecule has 0 saturated heterocycles. The van der Waals surface area contributed by atoms with Crippen molar-refractivity contribution in [3.8, 4) is 23.0 Å². The van der Waals surface area contributed by atoms with Gasteiger partial charge >= 0.3 is 0 Å². The summed E-state index contributed by atoms with van der Waals surface area (Å²) in [6.45, 7) is 0.156. The molecule has 6 N–H and O–H groups in total. The van der Waals surface area contributed by atoms with Gasteiger partial charge in [-0.1, -0.05) is 36.4 Å². The number of rotatable bonds is 18. The molecule has 260 valence electrons. The van der Waals surface area contributed by atoms with Crippen molar-refractivity contribution in [2.75, 3.05) is 37.9 Å². The number of hydrogen-bond acceptors (Lipinski definition) is 12. The maximum atomic E-state index is 12.0. The van der Waals surface area contributed by atoms with Crippen LogP contribution in [0.5, 0.6) is 23.0 Å². The number of nitrogens with one attached hydrogen (secondary N) is 2. The van der Waals surface area contributed by atoms with E-state index in [1.165, 1.54) is 26.4 Å². The van der Waals surface area contributed by atoms with Crippen LogP contribution < -0.4 is 41.0 Å². The summed E-state index contributed by atoms with van der Waals surface area (Å²) in [7, 11) is 3.07. The Kier molecular flexibility index (Phi) is 12.1. The molecule has 0 aliphatic carbocycles. The second kappa shape index (κ2) is 16.8. The summed E-state index contributed by atoms with van der Waals surface area (Å²) in [4.78, 5) is 46.4. The first-order chi connectivity index (χ1) is 24.0. The van der Waals surface area contributed by atoms with Crippen molar-refractivity contribution >= 4 is 34.6 Å². The number of anilines is 2. The van der Waals surface area contributed by atoms with Gasteiger partial charge in [0.2, 0.25) is 11.8 Å². The molecule has 0 saturated carbocycles. The number of carbonyl (C=O) groups excluding carboxylic acids is 2. The number of nitrogens with two attached hydrogens (primary N) is 2. The smallest absolute Gasteiger partial charge is 0.296 e. The Balaban J connectivity index is 1.51. The second-order valence-electron chi connectivity index (χ2n) is 10.5. The van der Waals surface area contributed by atoms with E-state index in [9.17, 15) is 29.8 Å².